The molecule has 0 fully saturated rings. The highest BCUT2D eigenvalue weighted by molar-refractivity contribution is 7.15. The van der Waals surface area contributed by atoms with E-state index in [0.717, 1.165) is 6.42 Å². The van der Waals surface area contributed by atoms with Crippen LogP contribution < -0.4 is 0 Å². The van der Waals surface area contributed by atoms with Crippen LogP contribution in [-0.2, 0) is 11.8 Å². The van der Waals surface area contributed by atoms with Crippen LogP contribution in [0.2, 0.25) is 0 Å². The van der Waals surface area contributed by atoms with Gasteiger partial charge in [0.1, 0.15) is 0 Å². The van der Waals surface area contributed by atoms with E-state index in [2.05, 4.69) is 64.1 Å². The molecule has 1 aromatic heterocycles. The average molecular weight is 295 g/mol. The molecule has 21 heavy (non-hydrogen) atoms. The highest BCUT2D eigenvalue weighted by atomic mass is 32.1. The van der Waals surface area contributed by atoms with Gasteiger partial charge in [0.25, 0.3) is 0 Å². The monoisotopic (exact) mass is 295 g/mol. The first-order valence-electron chi connectivity index (χ1n) is 7.61. The number of nitriles is 1. The first-order valence-corrected chi connectivity index (χ1v) is 8.42. The third-order valence-electron chi connectivity index (χ3n) is 5.03. The van der Waals surface area contributed by atoms with Crippen LogP contribution in [0.15, 0.2) is 30.3 Å². The predicted octanol–water partition coefficient (Wildman–Crippen LogP) is 5.33. The Balaban J connectivity index is 2.15. The number of nitrogens with zero attached hydrogens (tertiary/aromatic N) is 1. The van der Waals surface area contributed by atoms with E-state index in [0.29, 0.717) is 11.8 Å². The summed E-state index contributed by atoms with van der Waals surface area (Å²) in [4.78, 5) is 2.72. The van der Waals surface area contributed by atoms with E-state index in [4.69, 9.17) is 0 Å². The molecule has 2 atom stereocenters. The van der Waals surface area contributed by atoms with Gasteiger partial charge in [-0.25, -0.2) is 0 Å². The number of aryl methyl sites for hydroxylation is 1. The summed E-state index contributed by atoms with van der Waals surface area (Å²) in [6.07, 6.45) is 1.04. The zero-order chi connectivity index (χ0) is 15.2. The second-order valence-corrected chi connectivity index (χ2v) is 7.64. The zero-order valence-corrected chi connectivity index (χ0v) is 13.9. The van der Waals surface area contributed by atoms with Crippen molar-refractivity contribution in [3.8, 4) is 16.5 Å². The molecule has 0 saturated carbocycles. The molecule has 2 heteroatoms. The molecular weight excluding hydrogens is 274 g/mol. The standard InChI is InChI=1S/C19H21NS/c1-12(2)19(11-20)14(4)9-18-16(19)10-17(21-18)15-8-6-5-7-13(15)3/h5-8,10,12,14H,9H2,1-4H3/t14-,19+/m1/s1. The predicted molar refractivity (Wildman–Crippen MR) is 89.5 cm³/mol. The van der Waals surface area contributed by atoms with Gasteiger partial charge in [-0.1, -0.05) is 45.0 Å². The molecule has 0 unspecified atom stereocenters. The number of fused-ring (bicyclic) bond motifs is 1. The average Bonchev–Trinajstić information content (AvgIpc) is 2.94. The van der Waals surface area contributed by atoms with Crippen LogP contribution in [0.4, 0.5) is 0 Å². The first kappa shape index (κ1) is 14.4. The van der Waals surface area contributed by atoms with Crippen molar-refractivity contribution >= 4 is 11.3 Å². The fraction of sp³-hybridized carbons (Fsp3) is 0.421. The van der Waals surface area contributed by atoms with Crippen LogP contribution in [0, 0.1) is 30.1 Å². The van der Waals surface area contributed by atoms with Gasteiger partial charge in [-0.2, -0.15) is 5.26 Å². The minimum Gasteiger partial charge on any atom is -0.197 e. The maximum Gasteiger partial charge on any atom is 0.0884 e. The molecule has 1 aliphatic rings. The van der Waals surface area contributed by atoms with Gasteiger partial charge in [0.05, 0.1) is 11.5 Å². The SMILES string of the molecule is Cc1ccccc1-c1cc2c(s1)C[C@@H](C)[C@]2(C#N)C(C)C. The van der Waals surface area contributed by atoms with Gasteiger partial charge >= 0.3 is 0 Å². The topological polar surface area (TPSA) is 23.8 Å². The van der Waals surface area contributed by atoms with Gasteiger partial charge < -0.3 is 0 Å². The Bertz CT molecular complexity index is 719. The highest BCUT2D eigenvalue weighted by Gasteiger charge is 2.48. The molecule has 0 amide bonds. The molecule has 1 nitrogen and oxygen atoms in total. The summed E-state index contributed by atoms with van der Waals surface area (Å²) in [7, 11) is 0. The second-order valence-electron chi connectivity index (χ2n) is 6.50. The minimum atomic E-state index is -0.313. The zero-order valence-electron chi connectivity index (χ0n) is 13.1. The van der Waals surface area contributed by atoms with E-state index in [9.17, 15) is 5.26 Å². The Kier molecular flexibility index (Phi) is 3.42. The summed E-state index contributed by atoms with van der Waals surface area (Å²) >= 11 is 1.88. The molecule has 0 aliphatic heterocycles. The third kappa shape index (κ3) is 1.95. The highest BCUT2D eigenvalue weighted by Crippen LogP contribution is 2.52. The van der Waals surface area contributed by atoms with Crippen LogP contribution in [0.3, 0.4) is 0 Å². The van der Waals surface area contributed by atoms with Crippen molar-refractivity contribution in [2.45, 2.75) is 39.5 Å². The lowest BCUT2D eigenvalue weighted by atomic mass is 9.69. The summed E-state index contributed by atoms with van der Waals surface area (Å²) < 4.78 is 0. The van der Waals surface area contributed by atoms with E-state index in [1.807, 2.05) is 11.3 Å². The Labute approximate surface area is 131 Å². The Morgan fingerprint density at radius 1 is 1.33 bits per heavy atom. The molecule has 1 aliphatic carbocycles. The molecule has 1 aromatic carbocycles. The quantitative estimate of drug-likeness (QED) is 0.734. The normalized spacial score (nSPS) is 24.1. The van der Waals surface area contributed by atoms with Crippen molar-refractivity contribution in [2.24, 2.45) is 11.8 Å². The van der Waals surface area contributed by atoms with Gasteiger partial charge in [0, 0.05) is 9.75 Å². The van der Waals surface area contributed by atoms with Crippen molar-refractivity contribution in [1.82, 2.24) is 0 Å². The third-order valence-corrected chi connectivity index (χ3v) is 6.22. The second kappa shape index (κ2) is 5.00. The van der Waals surface area contributed by atoms with E-state index < -0.39 is 0 Å². The van der Waals surface area contributed by atoms with Crippen molar-refractivity contribution in [1.29, 1.82) is 5.26 Å². The van der Waals surface area contributed by atoms with Gasteiger partial charge in [-0.05, 0) is 47.9 Å². The van der Waals surface area contributed by atoms with E-state index in [1.165, 1.54) is 26.4 Å². The largest absolute Gasteiger partial charge is 0.197 e. The number of hydrogen-bond acceptors (Lipinski definition) is 2. The number of benzene rings is 1. The van der Waals surface area contributed by atoms with E-state index in [1.54, 1.807) is 0 Å². The van der Waals surface area contributed by atoms with Crippen LogP contribution in [0.25, 0.3) is 10.4 Å². The first-order chi connectivity index (χ1) is 10.0. The van der Waals surface area contributed by atoms with E-state index >= 15 is 0 Å². The number of rotatable bonds is 2. The molecule has 0 bridgehead atoms. The van der Waals surface area contributed by atoms with Gasteiger partial charge in [-0.3, -0.25) is 0 Å². The summed E-state index contributed by atoms with van der Waals surface area (Å²) in [5.74, 6) is 0.757. The van der Waals surface area contributed by atoms with Gasteiger partial charge in [0.15, 0.2) is 0 Å². The fourth-order valence-electron chi connectivity index (χ4n) is 3.80. The lowest BCUT2D eigenvalue weighted by Crippen LogP contribution is -2.34. The molecule has 3 rings (SSSR count). The smallest absolute Gasteiger partial charge is 0.0884 e. The Morgan fingerprint density at radius 2 is 2.05 bits per heavy atom. The van der Waals surface area contributed by atoms with E-state index in [-0.39, 0.29) is 5.41 Å². The van der Waals surface area contributed by atoms with Crippen molar-refractivity contribution in [3.63, 3.8) is 0 Å². The van der Waals surface area contributed by atoms with Gasteiger partial charge in [0.2, 0.25) is 0 Å². The maximum atomic E-state index is 9.89. The minimum absolute atomic E-state index is 0.313. The van der Waals surface area contributed by atoms with Crippen molar-refractivity contribution in [3.05, 3.63) is 46.3 Å². The Hall–Kier alpha value is -1.59. The van der Waals surface area contributed by atoms with Crippen LogP contribution in [0.5, 0.6) is 0 Å². The Morgan fingerprint density at radius 3 is 2.67 bits per heavy atom. The maximum absolute atomic E-state index is 9.89. The van der Waals surface area contributed by atoms with Crippen molar-refractivity contribution < 1.29 is 0 Å². The molecule has 0 spiro atoms. The fourth-order valence-corrected chi connectivity index (χ4v) is 5.25. The number of thiophene rings is 1. The summed E-state index contributed by atoms with van der Waals surface area (Å²) in [6.45, 7) is 8.74. The summed E-state index contributed by atoms with van der Waals surface area (Å²) in [5, 5.41) is 9.89. The molecule has 2 aromatic rings. The molecule has 0 saturated heterocycles. The van der Waals surface area contributed by atoms with Crippen LogP contribution in [-0.4, -0.2) is 0 Å². The molecule has 0 N–H and O–H groups in total. The van der Waals surface area contributed by atoms with Crippen LogP contribution in [0.1, 0.15) is 36.8 Å². The molecule has 1 heterocycles. The van der Waals surface area contributed by atoms with Crippen molar-refractivity contribution in [2.75, 3.05) is 0 Å². The molecule has 0 radical (unpaired) electrons. The summed E-state index contributed by atoms with van der Waals surface area (Å²) in [6, 6.07) is 13.5. The lowest BCUT2D eigenvalue weighted by Gasteiger charge is -2.31. The molecular formula is C19H21NS. The molecule has 108 valence electrons. The van der Waals surface area contributed by atoms with Crippen LogP contribution >= 0.6 is 11.3 Å². The number of hydrogen-bond donors (Lipinski definition) is 0. The van der Waals surface area contributed by atoms with Gasteiger partial charge in [-0.15, -0.1) is 11.3 Å². The lowest BCUT2D eigenvalue weighted by molar-refractivity contribution is 0.302. The summed E-state index contributed by atoms with van der Waals surface area (Å²) in [5.41, 5.74) is 3.58.